The highest BCUT2D eigenvalue weighted by molar-refractivity contribution is 4.92. The first-order valence-corrected chi connectivity index (χ1v) is 3.05. The number of hydrogen-bond donors (Lipinski definition) is 1. The van der Waals surface area contributed by atoms with Crippen LogP contribution in [0.2, 0.25) is 0 Å². The molecule has 1 nitrogen and oxygen atoms in total. The van der Waals surface area contributed by atoms with Gasteiger partial charge < -0.3 is 5.11 Å². The van der Waals surface area contributed by atoms with Gasteiger partial charge in [0.05, 0.1) is 12.3 Å². The van der Waals surface area contributed by atoms with Gasteiger partial charge in [-0.25, -0.2) is 0 Å². The second-order valence-corrected chi connectivity index (χ2v) is 2.52. The van der Waals surface area contributed by atoms with Crippen molar-refractivity contribution >= 4 is 0 Å². The molecule has 1 aliphatic carbocycles. The Morgan fingerprint density at radius 1 is 1.50 bits per heavy atom. The molecule has 0 aromatic rings. The minimum atomic E-state index is -0.438. The van der Waals surface area contributed by atoms with Crippen LogP contribution in [-0.2, 0) is 0 Å². The molecule has 0 amide bonds. The molecule has 0 aromatic heterocycles. The zero-order chi connectivity index (χ0) is 6.04. The third kappa shape index (κ3) is 1.44. The number of alkyl halides is 1. The van der Waals surface area contributed by atoms with Crippen molar-refractivity contribution in [1.82, 2.24) is 0 Å². The van der Waals surface area contributed by atoms with Crippen LogP contribution >= 0.6 is 0 Å². The molecular weight excluding hydrogens is 107 g/mol. The summed E-state index contributed by atoms with van der Waals surface area (Å²) in [5, 5.41) is 9.09. The molecule has 0 saturated heterocycles. The topological polar surface area (TPSA) is 20.2 Å². The average molecular weight is 118 g/mol. The van der Waals surface area contributed by atoms with E-state index in [1.807, 2.05) is 0 Å². The first-order valence-electron chi connectivity index (χ1n) is 3.05. The molecule has 1 rings (SSSR count). The molecule has 1 fully saturated rings. The molecule has 1 aliphatic rings. The summed E-state index contributed by atoms with van der Waals surface area (Å²) >= 11 is 0. The molecule has 0 unspecified atom stereocenters. The van der Waals surface area contributed by atoms with E-state index in [4.69, 9.17) is 5.11 Å². The monoisotopic (exact) mass is 118 g/mol. The lowest BCUT2D eigenvalue weighted by atomic mass is 10.2. The quantitative estimate of drug-likeness (QED) is 0.591. The lowest BCUT2D eigenvalue weighted by Gasteiger charge is -2.02. The van der Waals surface area contributed by atoms with Gasteiger partial charge in [-0.15, -0.1) is 0 Å². The van der Waals surface area contributed by atoms with Crippen molar-refractivity contribution in [1.29, 1.82) is 0 Å². The molecule has 1 N–H and O–H groups in total. The van der Waals surface area contributed by atoms with Crippen LogP contribution < -0.4 is 0 Å². The Bertz CT molecular complexity index is 78.6. The van der Waals surface area contributed by atoms with Crippen molar-refractivity contribution in [2.75, 3.05) is 6.67 Å². The van der Waals surface area contributed by atoms with Crippen LogP contribution in [0, 0.1) is 0 Å². The highest BCUT2D eigenvalue weighted by atomic mass is 19.1. The second kappa shape index (κ2) is 2.02. The van der Waals surface area contributed by atoms with Gasteiger partial charge in [-0.05, 0) is 25.7 Å². The van der Waals surface area contributed by atoms with Gasteiger partial charge in [-0.3, -0.25) is 4.39 Å². The molecule has 48 valence electrons. The molecule has 2 heteroatoms. The molecule has 0 aromatic carbocycles. The van der Waals surface area contributed by atoms with Crippen LogP contribution in [0.1, 0.15) is 25.7 Å². The van der Waals surface area contributed by atoms with Gasteiger partial charge in [0.15, 0.2) is 0 Å². The fourth-order valence-electron chi connectivity index (χ4n) is 0.790. The van der Waals surface area contributed by atoms with Crippen LogP contribution in [-0.4, -0.2) is 17.4 Å². The fourth-order valence-corrected chi connectivity index (χ4v) is 0.790. The first-order chi connectivity index (χ1) is 3.77. The van der Waals surface area contributed by atoms with E-state index in [1.54, 1.807) is 0 Å². The summed E-state index contributed by atoms with van der Waals surface area (Å²) in [6.07, 6.45) is 2.94. The average Bonchev–Trinajstić information content (AvgIpc) is 2.45. The largest absolute Gasteiger partial charge is 0.390 e. The Morgan fingerprint density at radius 3 is 2.50 bits per heavy atom. The Morgan fingerprint density at radius 2 is 2.12 bits per heavy atom. The Labute approximate surface area is 48.5 Å². The molecule has 0 heterocycles. The normalized spacial score (nSPS) is 23.2. The third-order valence-corrected chi connectivity index (χ3v) is 1.60. The smallest absolute Gasteiger partial charge is 0.0895 e. The van der Waals surface area contributed by atoms with E-state index in [2.05, 4.69) is 0 Å². The predicted octanol–water partition coefficient (Wildman–Crippen LogP) is 1.26. The van der Waals surface area contributed by atoms with Crippen LogP contribution in [0.4, 0.5) is 4.39 Å². The summed E-state index contributed by atoms with van der Waals surface area (Å²) in [6.45, 7) is -0.289. The lowest BCUT2D eigenvalue weighted by Crippen LogP contribution is -2.05. The lowest BCUT2D eigenvalue weighted by molar-refractivity contribution is 0.134. The minimum absolute atomic E-state index is 0.289. The fraction of sp³-hybridized carbons (Fsp3) is 1.00. The molecule has 8 heavy (non-hydrogen) atoms. The molecule has 0 atom stereocenters. The van der Waals surface area contributed by atoms with Gasteiger partial charge >= 0.3 is 0 Å². The molecule has 0 spiro atoms. The molecule has 0 aliphatic heterocycles. The van der Waals surface area contributed by atoms with Gasteiger partial charge in [0.25, 0.3) is 0 Å². The number of aliphatic hydroxyl groups is 1. The maximum Gasteiger partial charge on any atom is 0.0895 e. The van der Waals surface area contributed by atoms with Gasteiger partial charge in [-0.1, -0.05) is 0 Å². The molecular formula is C6H11FO. The second-order valence-electron chi connectivity index (χ2n) is 2.52. The van der Waals surface area contributed by atoms with E-state index in [9.17, 15) is 4.39 Å². The molecule has 0 radical (unpaired) electrons. The van der Waals surface area contributed by atoms with Crippen molar-refractivity contribution < 1.29 is 9.50 Å². The summed E-state index contributed by atoms with van der Waals surface area (Å²) in [6, 6.07) is 0. The Kier molecular flexibility index (Phi) is 1.52. The van der Waals surface area contributed by atoms with Crippen LogP contribution in [0.3, 0.4) is 0 Å². The van der Waals surface area contributed by atoms with Crippen LogP contribution in [0.5, 0.6) is 0 Å². The number of hydrogen-bond acceptors (Lipinski definition) is 1. The van der Waals surface area contributed by atoms with E-state index < -0.39 is 5.60 Å². The van der Waals surface area contributed by atoms with Gasteiger partial charge in [0.1, 0.15) is 0 Å². The van der Waals surface area contributed by atoms with E-state index >= 15 is 0 Å². The summed E-state index contributed by atoms with van der Waals surface area (Å²) in [5.41, 5.74) is -0.438. The van der Waals surface area contributed by atoms with Crippen molar-refractivity contribution in [3.63, 3.8) is 0 Å². The Balaban J connectivity index is 2.01. The van der Waals surface area contributed by atoms with Crippen molar-refractivity contribution in [2.24, 2.45) is 0 Å². The van der Waals surface area contributed by atoms with Crippen molar-refractivity contribution in [3.05, 3.63) is 0 Å². The maximum atomic E-state index is 11.4. The predicted molar refractivity (Wildman–Crippen MR) is 29.4 cm³/mol. The highest BCUT2D eigenvalue weighted by Gasteiger charge is 2.39. The standard InChI is InChI=1S/C6H11FO/c7-5-1-2-6(8)3-4-6/h8H,1-5H2. The summed E-state index contributed by atoms with van der Waals surface area (Å²) in [4.78, 5) is 0. The summed E-state index contributed by atoms with van der Waals surface area (Å²) < 4.78 is 11.4. The van der Waals surface area contributed by atoms with Crippen LogP contribution in [0.15, 0.2) is 0 Å². The van der Waals surface area contributed by atoms with Crippen molar-refractivity contribution in [2.45, 2.75) is 31.3 Å². The summed E-state index contributed by atoms with van der Waals surface area (Å²) in [5.74, 6) is 0. The molecule has 0 bridgehead atoms. The van der Waals surface area contributed by atoms with E-state index in [0.29, 0.717) is 12.8 Å². The first kappa shape index (κ1) is 6.02. The van der Waals surface area contributed by atoms with Gasteiger partial charge in [0.2, 0.25) is 0 Å². The van der Waals surface area contributed by atoms with E-state index in [-0.39, 0.29) is 6.67 Å². The van der Waals surface area contributed by atoms with Gasteiger partial charge in [-0.2, -0.15) is 0 Å². The highest BCUT2D eigenvalue weighted by Crippen LogP contribution is 2.39. The minimum Gasteiger partial charge on any atom is -0.390 e. The SMILES string of the molecule is OC1(CCCF)CC1. The zero-order valence-electron chi connectivity index (χ0n) is 4.86. The number of rotatable bonds is 3. The maximum absolute atomic E-state index is 11.4. The van der Waals surface area contributed by atoms with Gasteiger partial charge in [0, 0.05) is 0 Å². The zero-order valence-corrected chi connectivity index (χ0v) is 4.86. The third-order valence-electron chi connectivity index (χ3n) is 1.60. The molecule has 1 saturated carbocycles. The van der Waals surface area contributed by atoms with E-state index in [1.165, 1.54) is 0 Å². The number of halogens is 1. The summed E-state index contributed by atoms with van der Waals surface area (Å²) in [7, 11) is 0. The van der Waals surface area contributed by atoms with Crippen molar-refractivity contribution in [3.8, 4) is 0 Å². The van der Waals surface area contributed by atoms with E-state index in [0.717, 1.165) is 12.8 Å². The van der Waals surface area contributed by atoms with Crippen LogP contribution in [0.25, 0.3) is 0 Å². The Hall–Kier alpha value is -0.110.